The van der Waals surface area contributed by atoms with Crippen molar-refractivity contribution < 1.29 is 14.7 Å². The van der Waals surface area contributed by atoms with Gasteiger partial charge in [0.25, 0.3) is 0 Å². The van der Waals surface area contributed by atoms with Crippen molar-refractivity contribution >= 4 is 39.6 Å². The first kappa shape index (κ1) is 16.4. The Morgan fingerprint density at radius 3 is 2.71 bits per heavy atom. The SMILES string of the molecule is Cc1cc(Br)ccc1SCC(=O)N(CC(=O)O)CC1CC1. The third-order valence-corrected chi connectivity index (χ3v) is 5.00. The maximum atomic E-state index is 12.2. The normalized spacial score (nSPS) is 14.0. The summed E-state index contributed by atoms with van der Waals surface area (Å²) in [5.74, 6) is -0.277. The average Bonchev–Trinajstić information content (AvgIpc) is 3.20. The van der Waals surface area contributed by atoms with E-state index in [1.54, 1.807) is 0 Å². The number of amides is 1. The number of benzene rings is 1. The number of carboxylic acid groups (broad SMARTS) is 1. The first-order valence-electron chi connectivity index (χ1n) is 6.84. The van der Waals surface area contributed by atoms with Gasteiger partial charge in [-0.3, -0.25) is 9.59 Å². The number of hydrogen-bond donors (Lipinski definition) is 1. The molecule has 1 fully saturated rings. The lowest BCUT2D eigenvalue weighted by Crippen LogP contribution is -2.38. The van der Waals surface area contributed by atoms with E-state index in [1.165, 1.54) is 16.7 Å². The molecular weight excluding hydrogens is 354 g/mol. The summed E-state index contributed by atoms with van der Waals surface area (Å²) in [6.07, 6.45) is 2.20. The number of hydrogen-bond acceptors (Lipinski definition) is 3. The molecule has 0 heterocycles. The number of thioether (sulfide) groups is 1. The highest BCUT2D eigenvalue weighted by Gasteiger charge is 2.27. The van der Waals surface area contributed by atoms with Crippen LogP contribution in [0.4, 0.5) is 0 Å². The maximum Gasteiger partial charge on any atom is 0.323 e. The van der Waals surface area contributed by atoms with Crippen molar-refractivity contribution in [3.05, 3.63) is 28.2 Å². The fourth-order valence-electron chi connectivity index (χ4n) is 2.04. The molecule has 6 heteroatoms. The highest BCUT2D eigenvalue weighted by atomic mass is 79.9. The van der Waals surface area contributed by atoms with E-state index in [4.69, 9.17) is 5.11 Å². The van der Waals surface area contributed by atoms with Gasteiger partial charge < -0.3 is 10.0 Å². The van der Waals surface area contributed by atoms with Crippen LogP contribution in [0.5, 0.6) is 0 Å². The summed E-state index contributed by atoms with van der Waals surface area (Å²) >= 11 is 4.87. The van der Waals surface area contributed by atoms with E-state index in [9.17, 15) is 9.59 Å². The van der Waals surface area contributed by atoms with Gasteiger partial charge >= 0.3 is 5.97 Å². The smallest absolute Gasteiger partial charge is 0.323 e. The largest absolute Gasteiger partial charge is 0.480 e. The van der Waals surface area contributed by atoms with Crippen LogP contribution in [0.1, 0.15) is 18.4 Å². The quantitative estimate of drug-likeness (QED) is 0.747. The molecule has 0 radical (unpaired) electrons. The highest BCUT2D eigenvalue weighted by molar-refractivity contribution is 9.10. The number of carbonyl (C=O) groups is 2. The summed E-state index contributed by atoms with van der Waals surface area (Å²) in [6.45, 7) is 2.37. The number of rotatable bonds is 7. The first-order chi connectivity index (χ1) is 9.95. The van der Waals surface area contributed by atoms with Gasteiger partial charge in [0.05, 0.1) is 5.75 Å². The van der Waals surface area contributed by atoms with Crippen LogP contribution in [0.15, 0.2) is 27.6 Å². The lowest BCUT2D eigenvalue weighted by molar-refractivity contribution is -0.143. The van der Waals surface area contributed by atoms with Crippen LogP contribution >= 0.6 is 27.7 Å². The van der Waals surface area contributed by atoms with Gasteiger partial charge in [-0.15, -0.1) is 11.8 Å². The Hall–Kier alpha value is -1.01. The molecule has 0 aromatic heterocycles. The molecule has 0 atom stereocenters. The minimum Gasteiger partial charge on any atom is -0.480 e. The molecule has 2 rings (SSSR count). The zero-order chi connectivity index (χ0) is 15.4. The number of carbonyl (C=O) groups excluding carboxylic acids is 1. The molecule has 1 N–H and O–H groups in total. The van der Waals surface area contributed by atoms with Crippen molar-refractivity contribution in [1.82, 2.24) is 4.90 Å². The fraction of sp³-hybridized carbons (Fsp3) is 0.467. The summed E-state index contributed by atoms with van der Waals surface area (Å²) in [5, 5.41) is 8.92. The predicted octanol–water partition coefficient (Wildman–Crippen LogP) is 3.17. The second kappa shape index (κ2) is 7.31. The Morgan fingerprint density at radius 1 is 1.43 bits per heavy atom. The highest BCUT2D eigenvalue weighted by Crippen LogP contribution is 2.30. The Labute approximate surface area is 137 Å². The second-order valence-electron chi connectivity index (χ2n) is 5.31. The van der Waals surface area contributed by atoms with Crippen LogP contribution in [0, 0.1) is 12.8 Å². The second-order valence-corrected chi connectivity index (χ2v) is 7.24. The van der Waals surface area contributed by atoms with Crippen LogP contribution in [0.3, 0.4) is 0 Å². The van der Waals surface area contributed by atoms with Crippen molar-refractivity contribution in [2.75, 3.05) is 18.8 Å². The number of aliphatic carboxylic acids is 1. The summed E-state index contributed by atoms with van der Waals surface area (Å²) in [4.78, 5) is 25.6. The molecule has 1 aliphatic rings. The van der Waals surface area contributed by atoms with Crippen molar-refractivity contribution in [2.45, 2.75) is 24.7 Å². The van der Waals surface area contributed by atoms with Gasteiger partial charge in [0.15, 0.2) is 0 Å². The summed E-state index contributed by atoms with van der Waals surface area (Å²) in [6, 6.07) is 5.92. The molecule has 114 valence electrons. The van der Waals surface area contributed by atoms with Gasteiger partial charge in [-0.2, -0.15) is 0 Å². The van der Waals surface area contributed by atoms with E-state index in [2.05, 4.69) is 15.9 Å². The molecule has 1 aromatic carbocycles. The first-order valence-corrected chi connectivity index (χ1v) is 8.62. The fourth-order valence-corrected chi connectivity index (χ4v) is 3.42. The van der Waals surface area contributed by atoms with Crippen LogP contribution in [0.25, 0.3) is 0 Å². The topological polar surface area (TPSA) is 57.6 Å². The molecule has 1 saturated carbocycles. The number of aryl methyl sites for hydroxylation is 1. The zero-order valence-electron chi connectivity index (χ0n) is 11.8. The van der Waals surface area contributed by atoms with E-state index in [1.807, 2.05) is 25.1 Å². The molecule has 0 unspecified atom stereocenters. The van der Waals surface area contributed by atoms with Crippen LogP contribution in [0.2, 0.25) is 0 Å². The van der Waals surface area contributed by atoms with Crippen LogP contribution < -0.4 is 0 Å². The summed E-state index contributed by atoms with van der Waals surface area (Å²) < 4.78 is 1.01. The Kier molecular flexibility index (Phi) is 5.70. The lowest BCUT2D eigenvalue weighted by Gasteiger charge is -2.20. The molecule has 0 spiro atoms. The predicted molar refractivity (Wildman–Crippen MR) is 86.5 cm³/mol. The van der Waals surface area contributed by atoms with Gasteiger partial charge in [-0.1, -0.05) is 15.9 Å². The molecule has 1 amide bonds. The standard InChI is InChI=1S/C15H18BrNO3S/c1-10-6-12(16)4-5-13(10)21-9-14(18)17(8-15(19)20)7-11-2-3-11/h4-6,11H,2-3,7-9H2,1H3,(H,19,20). The Morgan fingerprint density at radius 2 is 2.14 bits per heavy atom. The molecule has 1 aromatic rings. The minimum absolute atomic E-state index is 0.100. The molecule has 0 saturated heterocycles. The molecule has 0 bridgehead atoms. The van der Waals surface area contributed by atoms with Gasteiger partial charge in [0.1, 0.15) is 6.54 Å². The van der Waals surface area contributed by atoms with Gasteiger partial charge in [-0.25, -0.2) is 0 Å². The van der Waals surface area contributed by atoms with Crippen molar-refractivity contribution in [2.24, 2.45) is 5.92 Å². The van der Waals surface area contributed by atoms with E-state index in [-0.39, 0.29) is 18.2 Å². The zero-order valence-corrected chi connectivity index (χ0v) is 14.2. The van der Waals surface area contributed by atoms with Crippen molar-refractivity contribution in [3.63, 3.8) is 0 Å². The maximum absolute atomic E-state index is 12.2. The minimum atomic E-state index is -0.950. The molecule has 0 aliphatic heterocycles. The molecule has 4 nitrogen and oxygen atoms in total. The van der Waals surface area contributed by atoms with Gasteiger partial charge in [0.2, 0.25) is 5.91 Å². The van der Waals surface area contributed by atoms with E-state index < -0.39 is 5.97 Å². The number of nitrogens with zero attached hydrogens (tertiary/aromatic N) is 1. The van der Waals surface area contributed by atoms with Gasteiger partial charge in [-0.05, 0) is 49.4 Å². The van der Waals surface area contributed by atoms with Crippen molar-refractivity contribution in [3.8, 4) is 0 Å². The number of halogens is 1. The monoisotopic (exact) mass is 371 g/mol. The molecular formula is C15H18BrNO3S. The summed E-state index contributed by atoms with van der Waals surface area (Å²) in [7, 11) is 0. The summed E-state index contributed by atoms with van der Waals surface area (Å²) in [5.41, 5.74) is 1.11. The Balaban J connectivity index is 1.92. The van der Waals surface area contributed by atoms with E-state index in [0.717, 1.165) is 27.8 Å². The van der Waals surface area contributed by atoms with E-state index in [0.29, 0.717) is 12.5 Å². The third kappa shape index (κ3) is 5.36. The number of carboxylic acids is 1. The molecule has 1 aliphatic carbocycles. The van der Waals surface area contributed by atoms with Gasteiger partial charge in [0, 0.05) is 15.9 Å². The lowest BCUT2D eigenvalue weighted by atomic mass is 10.2. The Bertz CT molecular complexity index is 546. The third-order valence-electron chi connectivity index (χ3n) is 3.34. The van der Waals surface area contributed by atoms with Crippen LogP contribution in [-0.4, -0.2) is 40.7 Å². The molecule has 21 heavy (non-hydrogen) atoms. The van der Waals surface area contributed by atoms with Crippen molar-refractivity contribution in [1.29, 1.82) is 0 Å². The van der Waals surface area contributed by atoms with E-state index >= 15 is 0 Å². The van der Waals surface area contributed by atoms with Crippen LogP contribution in [-0.2, 0) is 9.59 Å². The average molecular weight is 372 g/mol.